The molecular weight excluding hydrogens is 933 g/mol. The van der Waals surface area contributed by atoms with Crippen LogP contribution in [0.1, 0.15) is 65.8 Å². The van der Waals surface area contributed by atoms with Crippen LogP contribution in [-0.4, -0.2) is 9.97 Å². The van der Waals surface area contributed by atoms with Gasteiger partial charge in [0, 0.05) is 68.0 Å². The van der Waals surface area contributed by atoms with Crippen molar-refractivity contribution in [3.8, 4) is 22.4 Å². The van der Waals surface area contributed by atoms with Gasteiger partial charge in [-0.1, -0.05) is 213 Å². The molecule has 0 radical (unpaired) electrons. The van der Waals surface area contributed by atoms with Crippen molar-refractivity contribution in [2.75, 3.05) is 9.80 Å². The largest absolute Gasteiger partial charge is 0.311 e. The summed E-state index contributed by atoms with van der Waals surface area (Å²) >= 11 is 0. The molecule has 1 aliphatic carbocycles. The summed E-state index contributed by atoms with van der Waals surface area (Å²) < 4.78 is 0. The molecule has 0 atom stereocenters. The van der Waals surface area contributed by atoms with Crippen molar-refractivity contribution in [1.82, 2.24) is 9.97 Å². The molecule has 0 N–H and O–H groups in total. The summed E-state index contributed by atoms with van der Waals surface area (Å²) in [4.78, 5) is 14.8. The van der Waals surface area contributed by atoms with Crippen molar-refractivity contribution in [3.05, 3.63) is 313 Å². The molecule has 13 rings (SSSR count). The van der Waals surface area contributed by atoms with E-state index in [0.29, 0.717) is 0 Å². The van der Waals surface area contributed by atoms with Crippen molar-refractivity contribution >= 4 is 55.9 Å². The minimum Gasteiger partial charge on any atom is -0.311 e. The number of anilines is 6. The van der Waals surface area contributed by atoms with Crippen LogP contribution in [0.15, 0.2) is 285 Å². The second-order valence-corrected chi connectivity index (χ2v) is 20.4. The summed E-state index contributed by atoms with van der Waals surface area (Å²) in [5.41, 5.74) is 19.3. The van der Waals surface area contributed by atoms with Gasteiger partial charge < -0.3 is 9.80 Å². The minimum atomic E-state index is -0.110. The Labute approximate surface area is 452 Å². The zero-order valence-corrected chi connectivity index (χ0v) is 43.0. The molecular formula is C73H58N4. The summed E-state index contributed by atoms with van der Waals surface area (Å²) in [5.74, 6) is 0.106. The van der Waals surface area contributed by atoms with E-state index in [-0.39, 0.29) is 11.3 Å². The molecule has 0 bridgehead atoms. The van der Waals surface area contributed by atoms with Crippen LogP contribution >= 0.6 is 0 Å². The third-order valence-electron chi connectivity index (χ3n) is 15.9. The first kappa shape index (κ1) is 47.3. The van der Waals surface area contributed by atoms with Gasteiger partial charge >= 0.3 is 0 Å². The molecule has 1 fully saturated rings. The fourth-order valence-corrected chi connectivity index (χ4v) is 12.1. The number of hydrogen-bond donors (Lipinski definition) is 0. The Morgan fingerprint density at radius 2 is 0.792 bits per heavy atom. The van der Waals surface area contributed by atoms with E-state index in [9.17, 15) is 0 Å². The van der Waals surface area contributed by atoms with Crippen LogP contribution in [0.25, 0.3) is 44.2 Å². The van der Waals surface area contributed by atoms with Crippen LogP contribution in [0.2, 0.25) is 0 Å². The lowest BCUT2D eigenvalue weighted by molar-refractivity contribution is 0.346. The number of pyridine rings is 2. The first-order valence-corrected chi connectivity index (χ1v) is 27.1. The average Bonchev–Trinajstić information content (AvgIpc) is 3.54. The van der Waals surface area contributed by atoms with Gasteiger partial charge in [-0.05, 0) is 137 Å². The van der Waals surface area contributed by atoms with Crippen LogP contribution in [0.4, 0.5) is 34.1 Å². The summed E-state index contributed by atoms with van der Waals surface area (Å²) in [6.45, 7) is 0. The Bertz CT molecular complexity index is 3690. The van der Waals surface area contributed by atoms with E-state index in [1.165, 1.54) is 58.2 Å². The Kier molecular flexibility index (Phi) is 13.0. The fourth-order valence-electron chi connectivity index (χ4n) is 12.1. The molecule has 1 aliphatic rings. The standard InChI is InChI=1S/C73H58N4/c1-7-20-54(21-8-1)69-52-68(67-48-35-58-26-19-51-74-71(58)72(67)75-69)53-31-36-59(37-32-53)73(49-17-6-18-50-73)60-38-42-64(43-39-60)77(63-40-33-57(34-41-63)70(55-22-9-2-10-23-55)56-24-11-3-12-25-56)66-46-44-65(45-47-66)76(61-27-13-4-14-28-61)62-29-15-5-16-30-62/h1-5,7-16,19-48,51-52,70H,6,17-18,49-50H2. The van der Waals surface area contributed by atoms with Crippen LogP contribution in [0, 0.1) is 0 Å². The summed E-state index contributed by atoms with van der Waals surface area (Å²) in [6, 6.07) is 102. The Balaban J connectivity index is 0.881. The van der Waals surface area contributed by atoms with E-state index >= 15 is 0 Å². The molecule has 77 heavy (non-hydrogen) atoms. The van der Waals surface area contributed by atoms with Crippen molar-refractivity contribution < 1.29 is 0 Å². The molecule has 1 saturated carbocycles. The number of aromatic nitrogens is 2. The maximum Gasteiger partial charge on any atom is 0.0978 e. The van der Waals surface area contributed by atoms with Gasteiger partial charge in [-0.2, -0.15) is 0 Å². The molecule has 0 saturated heterocycles. The number of rotatable bonds is 13. The average molecular weight is 991 g/mol. The highest BCUT2D eigenvalue weighted by atomic mass is 15.2. The minimum absolute atomic E-state index is 0.106. The van der Waals surface area contributed by atoms with Crippen molar-refractivity contribution in [2.24, 2.45) is 0 Å². The lowest BCUT2D eigenvalue weighted by Gasteiger charge is -2.39. The van der Waals surface area contributed by atoms with E-state index in [0.717, 1.165) is 80.0 Å². The number of fused-ring (bicyclic) bond motifs is 3. The molecule has 12 aromatic rings. The summed E-state index contributed by atoms with van der Waals surface area (Å²) in [5, 5.41) is 2.20. The Morgan fingerprint density at radius 3 is 1.32 bits per heavy atom. The lowest BCUT2D eigenvalue weighted by Crippen LogP contribution is -2.30. The molecule has 2 heterocycles. The van der Waals surface area contributed by atoms with Crippen molar-refractivity contribution in [1.29, 1.82) is 0 Å². The molecule has 0 aliphatic heterocycles. The van der Waals surface area contributed by atoms with Crippen LogP contribution in [-0.2, 0) is 5.41 Å². The molecule has 2 aromatic heterocycles. The zero-order chi connectivity index (χ0) is 51.4. The maximum absolute atomic E-state index is 5.26. The highest BCUT2D eigenvalue weighted by molar-refractivity contribution is 6.09. The number of benzene rings is 10. The molecule has 370 valence electrons. The van der Waals surface area contributed by atoms with Gasteiger partial charge in [0.05, 0.1) is 16.7 Å². The monoisotopic (exact) mass is 990 g/mol. The molecule has 0 spiro atoms. The first-order chi connectivity index (χ1) is 38.2. The van der Waals surface area contributed by atoms with Gasteiger partial charge in [0.25, 0.3) is 0 Å². The van der Waals surface area contributed by atoms with E-state index in [2.05, 4.69) is 283 Å². The Morgan fingerprint density at radius 1 is 0.351 bits per heavy atom. The van der Waals surface area contributed by atoms with Gasteiger partial charge in [0.2, 0.25) is 0 Å². The van der Waals surface area contributed by atoms with Crippen LogP contribution in [0.5, 0.6) is 0 Å². The fraction of sp³-hybridized carbons (Fsp3) is 0.0959. The van der Waals surface area contributed by atoms with E-state index in [1.807, 2.05) is 12.3 Å². The molecule has 4 heteroatoms. The first-order valence-electron chi connectivity index (χ1n) is 27.1. The highest BCUT2D eigenvalue weighted by Gasteiger charge is 2.36. The van der Waals surface area contributed by atoms with E-state index in [1.54, 1.807) is 0 Å². The third-order valence-corrected chi connectivity index (χ3v) is 15.9. The Hall–Kier alpha value is -9.38. The predicted molar refractivity (Wildman–Crippen MR) is 321 cm³/mol. The third kappa shape index (κ3) is 9.34. The van der Waals surface area contributed by atoms with Crippen molar-refractivity contribution in [3.63, 3.8) is 0 Å². The smallest absolute Gasteiger partial charge is 0.0978 e. The predicted octanol–water partition coefficient (Wildman–Crippen LogP) is 19.5. The topological polar surface area (TPSA) is 32.3 Å². The molecule has 10 aromatic carbocycles. The number of nitrogens with zero attached hydrogens (tertiary/aromatic N) is 4. The maximum atomic E-state index is 5.26. The molecule has 4 nitrogen and oxygen atoms in total. The molecule has 0 unspecified atom stereocenters. The van der Waals surface area contributed by atoms with Gasteiger partial charge in [0.1, 0.15) is 0 Å². The van der Waals surface area contributed by atoms with Gasteiger partial charge in [0.15, 0.2) is 0 Å². The molecule has 0 amide bonds. The quantitative estimate of drug-likeness (QED) is 0.0851. The van der Waals surface area contributed by atoms with E-state index < -0.39 is 0 Å². The summed E-state index contributed by atoms with van der Waals surface area (Å²) in [6.07, 6.45) is 7.73. The van der Waals surface area contributed by atoms with Crippen molar-refractivity contribution in [2.45, 2.75) is 43.4 Å². The van der Waals surface area contributed by atoms with E-state index in [4.69, 9.17) is 9.97 Å². The van der Waals surface area contributed by atoms with Crippen LogP contribution < -0.4 is 9.80 Å². The SMILES string of the molecule is c1ccc(-c2cc(-c3ccc(C4(c5ccc(N(c6ccc(C(c7ccccc7)c7ccccc7)cc6)c6ccc(N(c7ccccc7)c7ccccc7)cc6)cc5)CCCCC4)cc3)c3ccc4cccnc4c3n2)cc1. The van der Waals surface area contributed by atoms with Gasteiger partial charge in [-0.3, -0.25) is 4.98 Å². The van der Waals surface area contributed by atoms with Gasteiger partial charge in [-0.15, -0.1) is 0 Å². The lowest BCUT2D eigenvalue weighted by atomic mass is 9.65. The second kappa shape index (κ2) is 21.1. The second-order valence-electron chi connectivity index (χ2n) is 20.4. The highest BCUT2D eigenvalue weighted by Crippen LogP contribution is 2.48. The summed E-state index contributed by atoms with van der Waals surface area (Å²) in [7, 11) is 0. The van der Waals surface area contributed by atoms with Gasteiger partial charge in [-0.25, -0.2) is 4.98 Å². The number of para-hydroxylation sites is 2. The number of hydrogen-bond acceptors (Lipinski definition) is 4. The normalized spacial score (nSPS) is 13.2. The zero-order valence-electron chi connectivity index (χ0n) is 43.0. The van der Waals surface area contributed by atoms with Crippen LogP contribution in [0.3, 0.4) is 0 Å².